The summed E-state index contributed by atoms with van der Waals surface area (Å²) in [5, 5.41) is 0. The quantitative estimate of drug-likeness (QED) is 0.387. The smallest absolute Gasteiger partial charge is 0.342 e. The molecule has 224 valence electrons. The van der Waals surface area contributed by atoms with Crippen LogP contribution in [-0.2, 0) is 51.0 Å². The van der Waals surface area contributed by atoms with E-state index in [2.05, 4.69) is 0 Å². The van der Waals surface area contributed by atoms with Gasteiger partial charge in [0.25, 0.3) is 5.97 Å². The number of carbonyl (C=O) groups excluding carboxylic acids is 3. The van der Waals surface area contributed by atoms with Gasteiger partial charge in [-0.05, 0) is 39.7 Å². The first-order valence-corrected chi connectivity index (χ1v) is 14.0. The Morgan fingerprint density at radius 2 is 1.59 bits per heavy atom. The molecule has 1 aliphatic carbocycles. The molecule has 41 heavy (non-hydrogen) atoms. The fourth-order valence-corrected chi connectivity index (χ4v) is 8.88. The first kappa shape index (κ1) is 28.2. The Hall–Kier alpha value is -2.89. The van der Waals surface area contributed by atoms with E-state index in [9.17, 15) is 14.4 Å². The van der Waals surface area contributed by atoms with Gasteiger partial charge in [0.05, 0.1) is 13.5 Å². The second-order valence-electron chi connectivity index (χ2n) is 12.8. The van der Waals surface area contributed by atoms with Crippen LogP contribution in [0.2, 0.25) is 0 Å². The minimum atomic E-state index is -1.53. The fourth-order valence-electron chi connectivity index (χ4n) is 8.88. The van der Waals surface area contributed by atoms with Gasteiger partial charge in [-0.15, -0.1) is 0 Å². The molecule has 0 N–H and O–H groups in total. The molecule has 2 saturated heterocycles. The van der Waals surface area contributed by atoms with Gasteiger partial charge in [0.2, 0.25) is 0 Å². The largest absolute Gasteiger partial charge is 0.495 e. The first-order valence-electron chi connectivity index (χ1n) is 14.0. The molecule has 0 radical (unpaired) electrons. The van der Waals surface area contributed by atoms with Crippen molar-refractivity contribution in [1.82, 2.24) is 0 Å². The second kappa shape index (κ2) is 8.58. The van der Waals surface area contributed by atoms with Crippen LogP contribution in [0.25, 0.3) is 0 Å². The molecular formula is C30H38O11. The molecule has 4 heterocycles. The number of cyclic esters (lactones) is 1. The van der Waals surface area contributed by atoms with Crippen molar-refractivity contribution < 1.29 is 52.3 Å². The summed E-state index contributed by atoms with van der Waals surface area (Å²) >= 11 is 0. The molecule has 6 rings (SSSR count). The van der Waals surface area contributed by atoms with Crippen LogP contribution in [0.15, 0.2) is 0 Å². The van der Waals surface area contributed by atoms with Crippen LogP contribution in [0.4, 0.5) is 0 Å². The summed E-state index contributed by atoms with van der Waals surface area (Å²) in [6.07, 6.45) is -0.864. The zero-order valence-electron chi connectivity index (χ0n) is 25.1. The van der Waals surface area contributed by atoms with E-state index in [0.29, 0.717) is 23.5 Å². The molecule has 0 unspecified atom stereocenters. The molecular weight excluding hydrogens is 536 g/mol. The number of esters is 3. The van der Waals surface area contributed by atoms with Crippen LogP contribution < -0.4 is 9.47 Å². The molecule has 2 bridgehead atoms. The number of rotatable bonds is 4. The Bertz CT molecular complexity index is 1370. The van der Waals surface area contributed by atoms with E-state index in [0.717, 1.165) is 16.7 Å². The van der Waals surface area contributed by atoms with Crippen LogP contribution in [-0.4, -0.2) is 67.1 Å². The standard InChI is InChI=1S/C30H38O11/c1-14-18-13-36-25(33)22(18)24(34-8)17-10-19-27(6,39-23(14)17)11-21(38-16(3)32)30-26(4,5)40-29(35-9,41-30)12-20(28(19,30)7)37-15(2)31/h19-21H,10-13H2,1-9H3/t19-,20+,21+,27-,28-,29-,30+/m0/s1. The molecule has 0 amide bonds. The van der Waals surface area contributed by atoms with Crippen molar-refractivity contribution in [3.8, 4) is 11.5 Å². The van der Waals surface area contributed by atoms with Gasteiger partial charge in [-0.3, -0.25) is 9.59 Å². The minimum Gasteiger partial charge on any atom is -0.495 e. The summed E-state index contributed by atoms with van der Waals surface area (Å²) in [4.78, 5) is 38.0. The number of fused-ring (bicyclic) bond motifs is 5. The molecule has 11 nitrogen and oxygen atoms in total. The van der Waals surface area contributed by atoms with Gasteiger partial charge in [-0.1, -0.05) is 6.92 Å². The molecule has 5 aliphatic rings. The second-order valence-corrected chi connectivity index (χ2v) is 12.8. The highest BCUT2D eigenvalue weighted by atomic mass is 16.9. The number of ether oxygens (including phenoxy) is 8. The maximum absolute atomic E-state index is 12.8. The average Bonchev–Trinajstić information content (AvgIpc) is 3.35. The van der Waals surface area contributed by atoms with Crippen molar-refractivity contribution in [2.75, 3.05) is 14.2 Å². The number of carbonyl (C=O) groups is 3. The van der Waals surface area contributed by atoms with Crippen LogP contribution >= 0.6 is 0 Å². The topological polar surface area (TPSA) is 125 Å². The van der Waals surface area contributed by atoms with E-state index < -0.39 is 58.3 Å². The first-order chi connectivity index (χ1) is 19.1. The van der Waals surface area contributed by atoms with Gasteiger partial charge in [0, 0.05) is 49.8 Å². The zero-order chi connectivity index (χ0) is 29.9. The lowest BCUT2D eigenvalue weighted by Gasteiger charge is -2.67. The maximum atomic E-state index is 12.8. The average molecular weight is 575 g/mol. The van der Waals surface area contributed by atoms with Crippen LogP contribution in [0, 0.1) is 18.3 Å². The highest BCUT2D eigenvalue weighted by molar-refractivity contribution is 5.98. The van der Waals surface area contributed by atoms with Gasteiger partial charge < -0.3 is 37.9 Å². The molecule has 1 aromatic carbocycles. The minimum absolute atomic E-state index is 0.0870. The van der Waals surface area contributed by atoms with Gasteiger partial charge in [0.1, 0.15) is 52.7 Å². The lowest BCUT2D eigenvalue weighted by Crippen LogP contribution is -2.80. The summed E-state index contributed by atoms with van der Waals surface area (Å²) in [6.45, 7) is 12.5. The third-order valence-electron chi connectivity index (χ3n) is 10.3. The van der Waals surface area contributed by atoms with Crippen molar-refractivity contribution >= 4 is 17.9 Å². The number of hydrogen-bond donors (Lipinski definition) is 0. The van der Waals surface area contributed by atoms with Gasteiger partial charge in [0.15, 0.2) is 0 Å². The summed E-state index contributed by atoms with van der Waals surface area (Å²) in [7, 11) is 3.00. The summed E-state index contributed by atoms with van der Waals surface area (Å²) in [5.41, 5.74) is -1.65. The number of methoxy groups -OCH3 is 2. The Kier molecular flexibility index (Phi) is 5.91. The van der Waals surface area contributed by atoms with E-state index in [-0.39, 0.29) is 25.4 Å². The summed E-state index contributed by atoms with van der Waals surface area (Å²) in [6, 6.07) is 0. The summed E-state index contributed by atoms with van der Waals surface area (Å²) < 4.78 is 49.5. The Morgan fingerprint density at radius 1 is 0.927 bits per heavy atom. The highest BCUT2D eigenvalue weighted by Crippen LogP contribution is 2.72. The monoisotopic (exact) mass is 574 g/mol. The van der Waals surface area contributed by atoms with Gasteiger partial charge >= 0.3 is 17.9 Å². The molecule has 1 aromatic rings. The van der Waals surface area contributed by atoms with Crippen molar-refractivity contribution in [2.24, 2.45) is 11.3 Å². The lowest BCUT2D eigenvalue weighted by molar-refractivity contribution is -0.410. The highest BCUT2D eigenvalue weighted by Gasteiger charge is 2.85. The van der Waals surface area contributed by atoms with Crippen molar-refractivity contribution in [3.05, 3.63) is 22.3 Å². The van der Waals surface area contributed by atoms with E-state index in [1.807, 2.05) is 34.6 Å². The predicted molar refractivity (Wildman–Crippen MR) is 140 cm³/mol. The third kappa shape index (κ3) is 3.39. The van der Waals surface area contributed by atoms with Gasteiger partial charge in [-0.2, -0.15) is 0 Å². The fraction of sp³-hybridized carbons (Fsp3) is 0.700. The molecule has 4 aliphatic heterocycles. The van der Waals surface area contributed by atoms with E-state index in [1.165, 1.54) is 28.1 Å². The predicted octanol–water partition coefficient (Wildman–Crippen LogP) is 3.53. The van der Waals surface area contributed by atoms with E-state index >= 15 is 0 Å². The van der Waals surface area contributed by atoms with Crippen LogP contribution in [0.5, 0.6) is 11.5 Å². The Morgan fingerprint density at radius 3 is 2.20 bits per heavy atom. The van der Waals surface area contributed by atoms with E-state index in [1.54, 1.807) is 0 Å². The normalized spacial score (nSPS) is 39.3. The summed E-state index contributed by atoms with van der Waals surface area (Å²) in [5.74, 6) is -2.27. The molecule has 3 fully saturated rings. The van der Waals surface area contributed by atoms with Crippen LogP contribution in [0.3, 0.4) is 0 Å². The van der Waals surface area contributed by atoms with Crippen LogP contribution in [0.1, 0.15) is 81.4 Å². The molecule has 11 heteroatoms. The van der Waals surface area contributed by atoms with Crippen molar-refractivity contribution in [2.45, 2.75) is 109 Å². The zero-order valence-corrected chi connectivity index (χ0v) is 25.1. The number of benzene rings is 1. The van der Waals surface area contributed by atoms with Crippen molar-refractivity contribution in [3.63, 3.8) is 0 Å². The van der Waals surface area contributed by atoms with Gasteiger partial charge in [-0.25, -0.2) is 4.79 Å². The third-order valence-corrected chi connectivity index (χ3v) is 10.3. The van der Waals surface area contributed by atoms with Crippen molar-refractivity contribution in [1.29, 1.82) is 0 Å². The molecule has 7 atom stereocenters. The maximum Gasteiger partial charge on any atom is 0.342 e. The Balaban J connectivity index is 1.63. The SMILES string of the molecule is COc1c2c(c(C)c3c1C(=O)OC3)O[C@@]1(C)C[C@@H](OC(C)=O)[C@]34O[C@](OC)(C[C@@H](OC(C)=O)[C@]3(C)[C@H]1C2)OC4(C)C. The molecule has 0 aromatic heterocycles. The molecule has 1 saturated carbocycles. The molecule has 1 spiro atoms. The number of hydrogen-bond acceptors (Lipinski definition) is 11. The Labute approximate surface area is 239 Å². The lowest BCUT2D eigenvalue weighted by atomic mass is 9.45. The van der Waals surface area contributed by atoms with E-state index in [4.69, 9.17) is 37.9 Å².